The number of thiazole rings is 1. The van der Waals surface area contributed by atoms with Crippen molar-refractivity contribution in [3.63, 3.8) is 0 Å². The molecule has 2 fully saturated rings. The number of aryl methyl sites for hydroxylation is 1. The highest BCUT2D eigenvalue weighted by Crippen LogP contribution is 2.24. The number of rotatable bonds is 5. The van der Waals surface area contributed by atoms with Crippen molar-refractivity contribution in [2.24, 2.45) is 12.0 Å². The van der Waals surface area contributed by atoms with E-state index in [1.165, 1.54) is 12.8 Å². The second kappa shape index (κ2) is 10.4. The van der Waals surface area contributed by atoms with Gasteiger partial charge in [-0.05, 0) is 12.8 Å². The maximum atomic E-state index is 12.6. The van der Waals surface area contributed by atoms with Gasteiger partial charge in [0.05, 0.1) is 17.6 Å². The number of carbonyl (C=O) groups excluding carboxylic acids is 1. The van der Waals surface area contributed by atoms with Crippen molar-refractivity contribution in [2.75, 3.05) is 56.1 Å². The number of nitrogens with one attached hydrogen (secondary N) is 1. The monoisotopic (exact) mass is 544 g/mol. The molecule has 2 aliphatic heterocycles. The van der Waals surface area contributed by atoms with Crippen molar-refractivity contribution >= 4 is 58.0 Å². The topological polar surface area (TPSA) is 81.9 Å². The molecule has 2 aliphatic rings. The Morgan fingerprint density at radius 1 is 1.27 bits per heavy atom. The summed E-state index contributed by atoms with van der Waals surface area (Å²) in [5, 5.41) is 10.8. The van der Waals surface area contributed by atoms with Gasteiger partial charge in [-0.25, -0.2) is 4.98 Å². The molecule has 164 valence electrons. The Kier molecular flexibility index (Phi) is 7.92. The first-order valence-corrected chi connectivity index (χ1v) is 11.0. The first-order chi connectivity index (χ1) is 14.1. The highest BCUT2D eigenvalue weighted by atomic mass is 127. The van der Waals surface area contributed by atoms with Gasteiger partial charge < -0.3 is 20.0 Å². The molecule has 1 N–H and O–H groups in total. The zero-order chi connectivity index (χ0) is 20.2. The van der Waals surface area contributed by atoms with Gasteiger partial charge >= 0.3 is 0 Å². The van der Waals surface area contributed by atoms with Crippen LogP contribution in [-0.2, 0) is 18.3 Å². The summed E-state index contributed by atoms with van der Waals surface area (Å²) in [5.41, 5.74) is 1.95. The van der Waals surface area contributed by atoms with Crippen LogP contribution in [-0.4, -0.2) is 77.8 Å². The molecule has 0 unspecified atom stereocenters. The zero-order valence-corrected chi connectivity index (χ0v) is 20.6. The van der Waals surface area contributed by atoms with Crippen LogP contribution in [0.1, 0.15) is 18.5 Å². The molecule has 0 radical (unpaired) electrons. The number of nitrogens with zero attached hydrogens (tertiary/aromatic N) is 7. The molecular formula is C19H29IN8OS. The van der Waals surface area contributed by atoms with Gasteiger partial charge in [-0.3, -0.25) is 14.5 Å². The molecule has 0 spiro atoms. The quantitative estimate of drug-likeness (QED) is 0.350. The summed E-state index contributed by atoms with van der Waals surface area (Å²) in [7, 11) is 3.61. The first-order valence-electron chi connectivity index (χ1n) is 10.1. The minimum Gasteiger partial charge on any atom is -0.356 e. The van der Waals surface area contributed by atoms with Crippen molar-refractivity contribution in [1.82, 2.24) is 25.0 Å². The molecule has 1 amide bonds. The van der Waals surface area contributed by atoms with Gasteiger partial charge in [0.25, 0.3) is 0 Å². The fourth-order valence-electron chi connectivity index (χ4n) is 3.77. The van der Waals surface area contributed by atoms with Crippen LogP contribution in [0.4, 0.5) is 10.8 Å². The second-order valence-corrected chi connectivity index (χ2v) is 8.22. The minimum absolute atomic E-state index is 0. The third-order valence-electron chi connectivity index (χ3n) is 5.32. The van der Waals surface area contributed by atoms with E-state index in [1.807, 2.05) is 18.1 Å². The maximum absolute atomic E-state index is 12.6. The number of hydrogen-bond acceptors (Lipinski definition) is 6. The molecule has 2 saturated heterocycles. The van der Waals surface area contributed by atoms with E-state index in [9.17, 15) is 4.79 Å². The van der Waals surface area contributed by atoms with Crippen LogP contribution >= 0.6 is 35.3 Å². The van der Waals surface area contributed by atoms with E-state index in [0.717, 1.165) is 55.1 Å². The lowest BCUT2D eigenvalue weighted by Gasteiger charge is -2.35. The largest absolute Gasteiger partial charge is 0.356 e. The number of anilines is 2. The molecule has 4 rings (SSSR count). The average Bonchev–Trinajstić information content (AvgIpc) is 3.47. The van der Waals surface area contributed by atoms with Gasteiger partial charge in [-0.1, -0.05) is 0 Å². The minimum atomic E-state index is 0. The average molecular weight is 544 g/mol. The van der Waals surface area contributed by atoms with E-state index in [1.54, 1.807) is 34.2 Å². The van der Waals surface area contributed by atoms with Crippen LogP contribution in [0.5, 0.6) is 0 Å². The molecule has 2 aromatic heterocycles. The van der Waals surface area contributed by atoms with Crippen molar-refractivity contribution < 1.29 is 4.79 Å². The highest BCUT2D eigenvalue weighted by Gasteiger charge is 2.27. The SMILES string of the molecule is CN=C(NCCc1csc(N2CCCC2)n1)N1CCN(c2cnn(C)c2)C(=O)C1.I. The van der Waals surface area contributed by atoms with E-state index >= 15 is 0 Å². The summed E-state index contributed by atoms with van der Waals surface area (Å²) < 4.78 is 1.71. The Morgan fingerprint density at radius 3 is 2.73 bits per heavy atom. The number of aliphatic imine (C=N–C) groups is 1. The summed E-state index contributed by atoms with van der Waals surface area (Å²) in [4.78, 5) is 27.9. The second-order valence-electron chi connectivity index (χ2n) is 7.38. The molecule has 0 aliphatic carbocycles. The van der Waals surface area contributed by atoms with Crippen LogP contribution in [0, 0.1) is 0 Å². The Bertz CT molecular complexity index is 876. The van der Waals surface area contributed by atoms with Crippen LogP contribution in [0.25, 0.3) is 0 Å². The van der Waals surface area contributed by atoms with Crippen molar-refractivity contribution in [1.29, 1.82) is 0 Å². The van der Waals surface area contributed by atoms with Gasteiger partial charge in [0, 0.05) is 64.8 Å². The molecule has 0 saturated carbocycles. The van der Waals surface area contributed by atoms with Crippen LogP contribution in [0.15, 0.2) is 22.8 Å². The van der Waals surface area contributed by atoms with E-state index in [0.29, 0.717) is 13.1 Å². The highest BCUT2D eigenvalue weighted by molar-refractivity contribution is 14.0. The predicted octanol–water partition coefficient (Wildman–Crippen LogP) is 1.56. The van der Waals surface area contributed by atoms with Gasteiger partial charge in [0.1, 0.15) is 6.54 Å². The number of aromatic nitrogens is 3. The van der Waals surface area contributed by atoms with Gasteiger partial charge in [-0.15, -0.1) is 35.3 Å². The van der Waals surface area contributed by atoms with Gasteiger partial charge in [-0.2, -0.15) is 5.10 Å². The first kappa shape index (κ1) is 22.8. The van der Waals surface area contributed by atoms with Crippen LogP contribution in [0.2, 0.25) is 0 Å². The smallest absolute Gasteiger partial charge is 0.246 e. The number of piperazine rings is 1. The van der Waals surface area contributed by atoms with Gasteiger partial charge in [0.15, 0.2) is 11.1 Å². The molecule has 0 aromatic carbocycles. The standard InChI is InChI=1S/C19H28N8OS.HI/c1-20-18(21-6-5-15-14-29-19(23-15)25-7-3-4-8-25)26-9-10-27(17(28)13-26)16-11-22-24(2)12-16;/h11-12,14H,3-10,13H2,1-2H3,(H,20,21);1H. The Labute approximate surface area is 198 Å². The molecule has 9 nitrogen and oxygen atoms in total. The number of amides is 1. The lowest BCUT2D eigenvalue weighted by atomic mass is 10.3. The maximum Gasteiger partial charge on any atom is 0.246 e. The molecule has 2 aromatic rings. The summed E-state index contributed by atoms with van der Waals surface area (Å²) in [6.45, 7) is 4.65. The fourth-order valence-corrected chi connectivity index (χ4v) is 4.69. The van der Waals surface area contributed by atoms with Crippen LogP contribution in [0.3, 0.4) is 0 Å². The Hall–Kier alpha value is -1.89. The van der Waals surface area contributed by atoms with Crippen LogP contribution < -0.4 is 15.1 Å². The number of guanidine groups is 1. The van der Waals surface area contributed by atoms with Crippen molar-refractivity contribution in [2.45, 2.75) is 19.3 Å². The lowest BCUT2D eigenvalue weighted by molar-refractivity contribution is -0.120. The van der Waals surface area contributed by atoms with E-state index in [2.05, 4.69) is 25.7 Å². The number of halogens is 1. The van der Waals surface area contributed by atoms with E-state index < -0.39 is 0 Å². The lowest BCUT2D eigenvalue weighted by Crippen LogP contribution is -2.55. The summed E-state index contributed by atoms with van der Waals surface area (Å²) >= 11 is 1.73. The number of carbonyl (C=O) groups is 1. The van der Waals surface area contributed by atoms with Crippen molar-refractivity contribution in [3.05, 3.63) is 23.5 Å². The molecular weight excluding hydrogens is 515 g/mol. The molecule has 11 heteroatoms. The summed E-state index contributed by atoms with van der Waals surface area (Å²) in [6, 6.07) is 0. The Balaban J connectivity index is 0.00000256. The molecule has 30 heavy (non-hydrogen) atoms. The van der Waals surface area contributed by atoms with E-state index in [4.69, 9.17) is 4.98 Å². The normalized spacial score (nSPS) is 17.5. The van der Waals surface area contributed by atoms with Gasteiger partial charge in [0.2, 0.25) is 5.91 Å². The summed E-state index contributed by atoms with van der Waals surface area (Å²) in [6.07, 6.45) is 6.96. The zero-order valence-electron chi connectivity index (χ0n) is 17.5. The predicted molar refractivity (Wildman–Crippen MR) is 131 cm³/mol. The fraction of sp³-hybridized carbons (Fsp3) is 0.579. The Morgan fingerprint density at radius 2 is 2.07 bits per heavy atom. The summed E-state index contributed by atoms with van der Waals surface area (Å²) in [5.74, 6) is 0.820. The van der Waals surface area contributed by atoms with Crippen molar-refractivity contribution in [3.8, 4) is 0 Å². The molecule has 0 bridgehead atoms. The molecule has 0 atom stereocenters. The molecule has 4 heterocycles. The number of hydrogen-bond donors (Lipinski definition) is 1. The third kappa shape index (κ3) is 5.23. The third-order valence-corrected chi connectivity index (χ3v) is 6.27. The van der Waals surface area contributed by atoms with E-state index in [-0.39, 0.29) is 29.9 Å².